The molecule has 0 saturated carbocycles. The van der Waals surface area contributed by atoms with Crippen LogP contribution in [-0.2, 0) is 0 Å². The minimum absolute atomic E-state index is 0.0144. The van der Waals surface area contributed by atoms with Crippen molar-refractivity contribution in [2.45, 2.75) is 0 Å². The third-order valence-corrected chi connectivity index (χ3v) is 5.03. The summed E-state index contributed by atoms with van der Waals surface area (Å²) in [5.41, 5.74) is 2.69. The van der Waals surface area contributed by atoms with E-state index < -0.39 is 0 Å². The first-order valence-corrected chi connectivity index (χ1v) is 8.01. The van der Waals surface area contributed by atoms with E-state index in [1.807, 2.05) is 54.6 Å². The lowest BCUT2D eigenvalue weighted by Crippen LogP contribution is -2.22. The Labute approximate surface area is 132 Å². The average molecular weight is 357 g/mol. The molecule has 0 amide bonds. The molecule has 0 N–H and O–H groups in total. The van der Waals surface area contributed by atoms with Crippen LogP contribution < -0.4 is 10.1 Å². The van der Waals surface area contributed by atoms with E-state index in [0.717, 1.165) is 26.0 Å². The summed E-state index contributed by atoms with van der Waals surface area (Å²) in [6.07, 6.45) is 1.90. The van der Waals surface area contributed by atoms with Crippen molar-refractivity contribution < 1.29 is 0 Å². The van der Waals surface area contributed by atoms with Crippen LogP contribution in [0.1, 0.15) is 5.56 Å². The Balaban J connectivity index is 2.06. The molecule has 0 saturated heterocycles. The molecular formula is C16H9BrN2OS. The quantitative estimate of drug-likeness (QED) is 0.524. The van der Waals surface area contributed by atoms with E-state index in [-0.39, 0.29) is 5.56 Å². The summed E-state index contributed by atoms with van der Waals surface area (Å²) < 4.78 is 3.35. The molecule has 0 fully saturated rings. The summed E-state index contributed by atoms with van der Waals surface area (Å²) in [4.78, 5) is 17.9. The Bertz CT molecular complexity index is 1080. The first-order valence-electron chi connectivity index (χ1n) is 6.40. The third-order valence-electron chi connectivity index (χ3n) is 3.34. The van der Waals surface area contributed by atoms with E-state index in [0.29, 0.717) is 4.53 Å². The van der Waals surface area contributed by atoms with Crippen molar-refractivity contribution in [2.24, 2.45) is 0 Å². The molecule has 2 heterocycles. The lowest BCUT2D eigenvalue weighted by atomic mass is 10.2. The largest absolute Gasteiger partial charge is 0.274 e. The molecular weight excluding hydrogens is 348 g/mol. The molecule has 0 unspecified atom stereocenters. The highest BCUT2D eigenvalue weighted by Crippen LogP contribution is 2.18. The molecule has 0 aliphatic carbocycles. The number of hydrogen-bond acceptors (Lipinski definition) is 3. The van der Waals surface area contributed by atoms with Crippen molar-refractivity contribution in [3.63, 3.8) is 0 Å². The lowest BCUT2D eigenvalue weighted by molar-refractivity contribution is 1.19. The first kappa shape index (κ1) is 12.7. The highest BCUT2D eigenvalue weighted by molar-refractivity contribution is 9.10. The Morgan fingerprint density at radius 1 is 1.10 bits per heavy atom. The first-order chi connectivity index (χ1) is 10.2. The minimum atomic E-state index is -0.0144. The molecule has 2 aromatic heterocycles. The number of hydrogen-bond donors (Lipinski definition) is 0. The van der Waals surface area contributed by atoms with Crippen LogP contribution in [0.3, 0.4) is 0 Å². The Morgan fingerprint density at radius 3 is 2.71 bits per heavy atom. The summed E-state index contributed by atoms with van der Waals surface area (Å²) in [6, 6.07) is 15.5. The van der Waals surface area contributed by atoms with Crippen molar-refractivity contribution in [1.82, 2.24) is 9.38 Å². The maximum absolute atomic E-state index is 12.6. The molecule has 21 heavy (non-hydrogen) atoms. The van der Waals surface area contributed by atoms with Crippen molar-refractivity contribution in [3.8, 4) is 0 Å². The SMILES string of the molecule is O=c1c(=Cc2ccccc2Br)sc2nc3ccccc3n12. The van der Waals surface area contributed by atoms with Gasteiger partial charge in [0.15, 0.2) is 4.96 Å². The highest BCUT2D eigenvalue weighted by atomic mass is 79.9. The molecule has 2 aromatic carbocycles. The van der Waals surface area contributed by atoms with Gasteiger partial charge in [0, 0.05) is 4.47 Å². The Kier molecular flexibility index (Phi) is 2.90. The topological polar surface area (TPSA) is 34.4 Å². The van der Waals surface area contributed by atoms with Crippen LogP contribution in [0.5, 0.6) is 0 Å². The fraction of sp³-hybridized carbons (Fsp3) is 0. The van der Waals surface area contributed by atoms with Gasteiger partial charge in [-0.3, -0.25) is 4.79 Å². The second-order valence-corrected chi connectivity index (χ2v) is 6.52. The van der Waals surface area contributed by atoms with Gasteiger partial charge in [-0.1, -0.05) is 57.6 Å². The van der Waals surface area contributed by atoms with E-state index in [1.54, 1.807) is 4.40 Å². The van der Waals surface area contributed by atoms with Gasteiger partial charge in [-0.15, -0.1) is 0 Å². The van der Waals surface area contributed by atoms with Crippen LogP contribution in [0.25, 0.3) is 22.1 Å². The normalized spacial score (nSPS) is 12.5. The number of nitrogens with zero attached hydrogens (tertiary/aromatic N) is 2. The number of para-hydroxylation sites is 2. The number of rotatable bonds is 1. The number of halogens is 1. The summed E-state index contributed by atoms with van der Waals surface area (Å²) in [7, 11) is 0. The zero-order valence-electron chi connectivity index (χ0n) is 10.8. The van der Waals surface area contributed by atoms with Crippen molar-refractivity contribution in [3.05, 3.63) is 73.5 Å². The van der Waals surface area contributed by atoms with E-state index in [4.69, 9.17) is 0 Å². The fourth-order valence-corrected chi connectivity index (χ4v) is 3.72. The van der Waals surface area contributed by atoms with Gasteiger partial charge < -0.3 is 0 Å². The van der Waals surface area contributed by atoms with Gasteiger partial charge in [0.2, 0.25) is 0 Å². The van der Waals surface area contributed by atoms with Crippen molar-refractivity contribution in [2.75, 3.05) is 0 Å². The van der Waals surface area contributed by atoms with Gasteiger partial charge in [-0.25, -0.2) is 9.38 Å². The molecule has 0 radical (unpaired) electrons. The number of thiazole rings is 1. The number of benzene rings is 2. The molecule has 102 valence electrons. The maximum atomic E-state index is 12.6. The van der Waals surface area contributed by atoms with Gasteiger partial charge >= 0.3 is 0 Å². The maximum Gasteiger partial charge on any atom is 0.274 e. The van der Waals surface area contributed by atoms with Crippen LogP contribution in [0, 0.1) is 0 Å². The average Bonchev–Trinajstić information content (AvgIpc) is 2.99. The molecule has 0 atom stereocenters. The third kappa shape index (κ3) is 2.01. The van der Waals surface area contributed by atoms with Gasteiger partial charge in [-0.2, -0.15) is 0 Å². The van der Waals surface area contributed by atoms with E-state index in [9.17, 15) is 4.79 Å². The molecule has 3 nitrogen and oxygen atoms in total. The molecule has 0 spiro atoms. The smallest absolute Gasteiger partial charge is 0.267 e. The molecule has 4 rings (SSSR count). The second kappa shape index (κ2) is 4.79. The monoisotopic (exact) mass is 356 g/mol. The van der Waals surface area contributed by atoms with Gasteiger partial charge in [0.1, 0.15) is 0 Å². The summed E-state index contributed by atoms with van der Waals surface area (Å²) in [5.74, 6) is 0. The number of imidazole rings is 1. The standard InChI is InChI=1S/C16H9BrN2OS/c17-11-6-2-1-5-10(11)9-14-15(20)19-13-8-4-3-7-12(13)18-16(19)21-14/h1-9H. The molecule has 0 bridgehead atoms. The van der Waals surface area contributed by atoms with Gasteiger partial charge in [-0.05, 0) is 29.8 Å². The van der Waals surface area contributed by atoms with Gasteiger partial charge in [0.05, 0.1) is 15.6 Å². The summed E-state index contributed by atoms with van der Waals surface area (Å²) in [6.45, 7) is 0. The zero-order valence-corrected chi connectivity index (χ0v) is 13.2. The highest BCUT2D eigenvalue weighted by Gasteiger charge is 2.10. The van der Waals surface area contributed by atoms with Crippen LogP contribution in [0.15, 0.2) is 57.8 Å². The van der Waals surface area contributed by atoms with Crippen LogP contribution >= 0.6 is 27.3 Å². The Morgan fingerprint density at radius 2 is 1.86 bits per heavy atom. The van der Waals surface area contributed by atoms with Crippen molar-refractivity contribution >= 4 is 49.3 Å². The molecule has 5 heteroatoms. The lowest BCUT2D eigenvalue weighted by Gasteiger charge is -1.94. The number of aromatic nitrogens is 2. The zero-order chi connectivity index (χ0) is 14.4. The van der Waals surface area contributed by atoms with Crippen LogP contribution in [0.4, 0.5) is 0 Å². The minimum Gasteiger partial charge on any atom is -0.267 e. The van der Waals surface area contributed by atoms with Crippen LogP contribution in [-0.4, -0.2) is 9.38 Å². The molecule has 4 aromatic rings. The second-order valence-electron chi connectivity index (χ2n) is 4.66. The molecule has 0 aliphatic rings. The summed E-state index contributed by atoms with van der Waals surface area (Å²) in [5, 5.41) is 0. The Hall–Kier alpha value is -1.98. The predicted molar refractivity (Wildman–Crippen MR) is 89.8 cm³/mol. The summed E-state index contributed by atoms with van der Waals surface area (Å²) >= 11 is 4.92. The van der Waals surface area contributed by atoms with Crippen LogP contribution in [0.2, 0.25) is 0 Å². The van der Waals surface area contributed by atoms with Gasteiger partial charge in [0.25, 0.3) is 5.56 Å². The van der Waals surface area contributed by atoms with Crippen molar-refractivity contribution in [1.29, 1.82) is 0 Å². The fourth-order valence-electron chi connectivity index (χ4n) is 2.35. The molecule has 0 aliphatic heterocycles. The number of fused-ring (bicyclic) bond motifs is 3. The van der Waals surface area contributed by atoms with E-state index in [2.05, 4.69) is 20.9 Å². The van der Waals surface area contributed by atoms with E-state index in [1.165, 1.54) is 11.3 Å². The van der Waals surface area contributed by atoms with E-state index >= 15 is 0 Å². The predicted octanol–water partition coefficient (Wildman–Crippen LogP) is 3.22.